The van der Waals surface area contributed by atoms with E-state index in [1.807, 2.05) is 31.2 Å². The van der Waals surface area contributed by atoms with E-state index < -0.39 is 0 Å². The van der Waals surface area contributed by atoms with Gasteiger partial charge in [-0.3, -0.25) is 0 Å². The number of carbonyl (C=O) groups excluding carboxylic acids is 1. The number of hydrogen-bond donors (Lipinski definition) is 1. The fourth-order valence-corrected chi connectivity index (χ4v) is 2.91. The number of hydrogen-bond acceptors (Lipinski definition) is 3. The number of para-hydroxylation sites is 1. The van der Waals surface area contributed by atoms with Crippen LogP contribution in [0.5, 0.6) is 0 Å². The van der Waals surface area contributed by atoms with Gasteiger partial charge in [0.1, 0.15) is 0 Å². The molecule has 0 aliphatic heterocycles. The van der Waals surface area contributed by atoms with Crippen LogP contribution >= 0.6 is 0 Å². The summed E-state index contributed by atoms with van der Waals surface area (Å²) in [6, 6.07) is 7.60. The molecule has 1 N–H and O–H groups in total. The average Bonchev–Trinajstić information content (AvgIpc) is 2.49. The van der Waals surface area contributed by atoms with Gasteiger partial charge in [-0.25, -0.2) is 4.79 Å². The van der Waals surface area contributed by atoms with Crippen LogP contribution in [0.1, 0.15) is 55.8 Å². The smallest absolute Gasteiger partial charge is 0.340 e. The van der Waals surface area contributed by atoms with Crippen LogP contribution in [0.3, 0.4) is 0 Å². The first-order valence-corrected chi connectivity index (χ1v) is 7.81. The first-order valence-electron chi connectivity index (χ1n) is 7.81. The summed E-state index contributed by atoms with van der Waals surface area (Å²) in [6.45, 7) is 3.17. The third kappa shape index (κ3) is 4.26. The van der Waals surface area contributed by atoms with E-state index in [0.29, 0.717) is 12.2 Å². The lowest BCUT2D eigenvalue weighted by atomic mass is 9.87. The Bertz CT molecular complexity index is 425. The van der Waals surface area contributed by atoms with Gasteiger partial charge in [0, 0.05) is 12.2 Å². The average molecular weight is 275 g/mol. The van der Waals surface area contributed by atoms with E-state index >= 15 is 0 Å². The summed E-state index contributed by atoms with van der Waals surface area (Å²) in [5, 5.41) is 3.40. The predicted octanol–water partition coefficient (Wildman–Crippen LogP) is 4.25. The zero-order chi connectivity index (χ0) is 14.2. The van der Waals surface area contributed by atoms with Crippen LogP contribution < -0.4 is 5.32 Å². The SMILES string of the molecule is CCOC(=O)c1ccccc1NCCC1CCCCC1. The number of ether oxygens (including phenoxy) is 1. The van der Waals surface area contributed by atoms with Gasteiger partial charge < -0.3 is 10.1 Å². The molecule has 1 saturated carbocycles. The number of benzene rings is 1. The molecule has 3 nitrogen and oxygen atoms in total. The standard InChI is InChI=1S/C17H25NO2/c1-2-20-17(19)15-10-6-7-11-16(15)18-13-12-14-8-4-3-5-9-14/h6-7,10-11,14,18H,2-5,8-9,12-13H2,1H3. The highest BCUT2D eigenvalue weighted by Crippen LogP contribution is 2.26. The van der Waals surface area contributed by atoms with Crippen molar-refractivity contribution in [1.82, 2.24) is 0 Å². The van der Waals surface area contributed by atoms with Gasteiger partial charge in [0.2, 0.25) is 0 Å². The number of esters is 1. The zero-order valence-corrected chi connectivity index (χ0v) is 12.4. The Morgan fingerprint density at radius 3 is 2.75 bits per heavy atom. The van der Waals surface area contributed by atoms with Crippen LogP contribution in [0.2, 0.25) is 0 Å². The van der Waals surface area contributed by atoms with Crippen molar-refractivity contribution in [3.63, 3.8) is 0 Å². The van der Waals surface area contributed by atoms with Gasteiger partial charge in [-0.2, -0.15) is 0 Å². The molecule has 0 aromatic heterocycles. The number of carbonyl (C=O) groups is 1. The molecule has 1 aliphatic rings. The Kier molecular flexibility index (Phi) is 5.90. The van der Waals surface area contributed by atoms with Crippen LogP contribution in [0.15, 0.2) is 24.3 Å². The molecule has 110 valence electrons. The van der Waals surface area contributed by atoms with Gasteiger partial charge >= 0.3 is 5.97 Å². The molecular weight excluding hydrogens is 250 g/mol. The second kappa shape index (κ2) is 7.93. The summed E-state index contributed by atoms with van der Waals surface area (Å²) in [5.74, 6) is 0.610. The van der Waals surface area contributed by atoms with Crippen LogP contribution in [0.4, 0.5) is 5.69 Å². The van der Waals surface area contributed by atoms with Gasteiger partial charge in [-0.05, 0) is 31.4 Å². The zero-order valence-electron chi connectivity index (χ0n) is 12.4. The van der Waals surface area contributed by atoms with E-state index in [4.69, 9.17) is 4.74 Å². The minimum Gasteiger partial charge on any atom is -0.462 e. The maximum Gasteiger partial charge on any atom is 0.340 e. The maximum atomic E-state index is 11.9. The van der Waals surface area contributed by atoms with Crippen molar-refractivity contribution in [3.8, 4) is 0 Å². The molecule has 0 bridgehead atoms. The van der Waals surface area contributed by atoms with Gasteiger partial charge in [0.15, 0.2) is 0 Å². The summed E-state index contributed by atoms with van der Waals surface area (Å²) in [6.07, 6.45) is 8.07. The lowest BCUT2D eigenvalue weighted by molar-refractivity contribution is 0.0527. The molecule has 0 unspecified atom stereocenters. The Morgan fingerprint density at radius 2 is 2.00 bits per heavy atom. The summed E-state index contributed by atoms with van der Waals surface area (Å²) in [4.78, 5) is 11.9. The van der Waals surface area contributed by atoms with Crippen molar-refractivity contribution in [2.75, 3.05) is 18.5 Å². The van der Waals surface area contributed by atoms with Crippen molar-refractivity contribution < 1.29 is 9.53 Å². The third-order valence-corrected chi connectivity index (χ3v) is 4.02. The predicted molar refractivity (Wildman–Crippen MR) is 82.1 cm³/mol. The summed E-state index contributed by atoms with van der Waals surface area (Å²) in [5.41, 5.74) is 1.53. The van der Waals surface area contributed by atoms with E-state index in [1.54, 1.807) is 0 Å². The van der Waals surface area contributed by atoms with Crippen molar-refractivity contribution in [2.45, 2.75) is 45.4 Å². The van der Waals surface area contributed by atoms with Gasteiger partial charge in [-0.15, -0.1) is 0 Å². The number of rotatable bonds is 6. The van der Waals surface area contributed by atoms with Crippen molar-refractivity contribution >= 4 is 11.7 Å². The fraction of sp³-hybridized carbons (Fsp3) is 0.588. The first kappa shape index (κ1) is 14.9. The van der Waals surface area contributed by atoms with E-state index in [9.17, 15) is 4.79 Å². The molecular formula is C17H25NO2. The topological polar surface area (TPSA) is 38.3 Å². The maximum absolute atomic E-state index is 11.9. The molecule has 0 spiro atoms. The molecule has 1 aliphatic carbocycles. The molecule has 0 saturated heterocycles. The molecule has 2 rings (SSSR count). The van der Waals surface area contributed by atoms with Crippen molar-refractivity contribution in [3.05, 3.63) is 29.8 Å². The molecule has 3 heteroatoms. The summed E-state index contributed by atoms with van der Waals surface area (Å²) >= 11 is 0. The molecule has 1 fully saturated rings. The first-order chi connectivity index (χ1) is 9.81. The highest BCUT2D eigenvalue weighted by atomic mass is 16.5. The van der Waals surface area contributed by atoms with Gasteiger partial charge in [-0.1, -0.05) is 44.2 Å². The lowest BCUT2D eigenvalue weighted by Crippen LogP contribution is -2.14. The lowest BCUT2D eigenvalue weighted by Gasteiger charge is -2.22. The normalized spacial score (nSPS) is 15.8. The second-order valence-corrected chi connectivity index (χ2v) is 5.49. The Hall–Kier alpha value is -1.51. The van der Waals surface area contributed by atoms with E-state index in [-0.39, 0.29) is 5.97 Å². The molecule has 0 heterocycles. The monoisotopic (exact) mass is 275 g/mol. The molecule has 0 atom stereocenters. The number of nitrogens with one attached hydrogen (secondary N) is 1. The van der Waals surface area contributed by atoms with E-state index in [1.165, 1.54) is 38.5 Å². The Balaban J connectivity index is 1.86. The summed E-state index contributed by atoms with van der Waals surface area (Å²) < 4.78 is 5.09. The molecule has 20 heavy (non-hydrogen) atoms. The van der Waals surface area contributed by atoms with E-state index in [0.717, 1.165) is 18.2 Å². The quantitative estimate of drug-likeness (QED) is 0.789. The highest BCUT2D eigenvalue weighted by Gasteiger charge is 2.14. The fourth-order valence-electron chi connectivity index (χ4n) is 2.91. The van der Waals surface area contributed by atoms with Crippen LogP contribution in [-0.4, -0.2) is 19.1 Å². The Labute approximate surface area is 121 Å². The summed E-state index contributed by atoms with van der Waals surface area (Å²) in [7, 11) is 0. The minimum absolute atomic E-state index is 0.242. The van der Waals surface area contributed by atoms with Gasteiger partial charge in [0.05, 0.1) is 12.2 Å². The molecule has 0 radical (unpaired) electrons. The van der Waals surface area contributed by atoms with E-state index in [2.05, 4.69) is 5.32 Å². The van der Waals surface area contributed by atoms with Gasteiger partial charge in [0.25, 0.3) is 0 Å². The van der Waals surface area contributed by atoms with Crippen LogP contribution in [-0.2, 0) is 4.74 Å². The molecule has 1 aromatic carbocycles. The highest BCUT2D eigenvalue weighted by molar-refractivity contribution is 5.95. The second-order valence-electron chi connectivity index (χ2n) is 5.49. The molecule has 1 aromatic rings. The largest absolute Gasteiger partial charge is 0.462 e. The minimum atomic E-state index is -0.242. The van der Waals surface area contributed by atoms with Crippen molar-refractivity contribution in [2.24, 2.45) is 5.92 Å². The van der Waals surface area contributed by atoms with Crippen LogP contribution in [0.25, 0.3) is 0 Å². The number of anilines is 1. The third-order valence-electron chi connectivity index (χ3n) is 4.02. The Morgan fingerprint density at radius 1 is 1.25 bits per heavy atom. The molecule has 0 amide bonds. The van der Waals surface area contributed by atoms with Crippen molar-refractivity contribution in [1.29, 1.82) is 0 Å². The van der Waals surface area contributed by atoms with Crippen LogP contribution in [0, 0.1) is 5.92 Å².